The van der Waals surface area contributed by atoms with Crippen molar-refractivity contribution in [3.63, 3.8) is 0 Å². The van der Waals surface area contributed by atoms with Gasteiger partial charge in [0.1, 0.15) is 11.4 Å². The Labute approximate surface area is 159 Å². The minimum Gasteiger partial charge on any atom is -0.380 e. The van der Waals surface area contributed by atoms with E-state index in [-0.39, 0.29) is 11.7 Å². The molecule has 1 aliphatic rings. The maximum Gasteiger partial charge on any atom is 0.123 e. The zero-order valence-electron chi connectivity index (χ0n) is 15.3. The Hall–Kier alpha value is -1.68. The molecule has 0 aliphatic heterocycles. The summed E-state index contributed by atoms with van der Waals surface area (Å²) in [5.41, 5.74) is 1.38. The van der Waals surface area contributed by atoms with Gasteiger partial charge in [0.2, 0.25) is 0 Å². The van der Waals surface area contributed by atoms with Crippen LogP contribution in [0.1, 0.15) is 30.4 Å². The minimum absolute atomic E-state index is 0.00611. The van der Waals surface area contributed by atoms with Crippen molar-refractivity contribution in [2.45, 2.75) is 24.9 Å². The van der Waals surface area contributed by atoms with E-state index >= 15 is 0 Å². The maximum absolute atomic E-state index is 13.9. The van der Waals surface area contributed by atoms with Crippen LogP contribution in [0, 0.1) is 11.7 Å². The van der Waals surface area contributed by atoms with E-state index in [0.29, 0.717) is 10.6 Å². The molecular weight excluding hydrogens is 349 g/mol. The number of halogens is 2. The Balaban J connectivity index is 2.09. The maximum atomic E-state index is 13.9. The smallest absolute Gasteiger partial charge is 0.123 e. The zero-order chi connectivity index (χ0) is 18.7. The molecule has 0 radical (unpaired) electrons. The average Bonchev–Trinajstić information content (AvgIpc) is 2.60. The van der Waals surface area contributed by atoms with Gasteiger partial charge < -0.3 is 10.0 Å². The van der Waals surface area contributed by atoms with Gasteiger partial charge in [-0.15, -0.1) is 0 Å². The summed E-state index contributed by atoms with van der Waals surface area (Å²) in [5, 5.41) is 12.5. The van der Waals surface area contributed by atoms with Crippen LogP contribution < -0.4 is 0 Å². The van der Waals surface area contributed by atoms with Gasteiger partial charge in [-0.1, -0.05) is 41.9 Å². The fourth-order valence-electron chi connectivity index (χ4n) is 3.95. The van der Waals surface area contributed by atoms with Crippen molar-refractivity contribution in [2.75, 3.05) is 20.6 Å². The summed E-state index contributed by atoms with van der Waals surface area (Å²) in [6, 6.07) is 13.9. The highest BCUT2D eigenvalue weighted by atomic mass is 35.5. The van der Waals surface area contributed by atoms with Gasteiger partial charge >= 0.3 is 0 Å². The van der Waals surface area contributed by atoms with E-state index in [0.717, 1.165) is 36.9 Å². The third-order valence-electron chi connectivity index (χ3n) is 5.14. The summed E-state index contributed by atoms with van der Waals surface area (Å²) in [7, 11) is 4.01. The summed E-state index contributed by atoms with van der Waals surface area (Å²) < 4.78 is 13.9. The van der Waals surface area contributed by atoms with E-state index in [4.69, 9.17) is 11.6 Å². The van der Waals surface area contributed by atoms with Crippen molar-refractivity contribution in [1.29, 1.82) is 0 Å². The molecule has 1 fully saturated rings. The first-order valence-electron chi connectivity index (χ1n) is 8.99. The number of rotatable bonds is 4. The molecule has 0 bridgehead atoms. The molecule has 1 N–H and O–H groups in total. The quantitative estimate of drug-likeness (QED) is 0.804. The van der Waals surface area contributed by atoms with Gasteiger partial charge in [-0.05, 0) is 74.3 Å². The van der Waals surface area contributed by atoms with Gasteiger partial charge in [-0.3, -0.25) is 0 Å². The van der Waals surface area contributed by atoms with Crippen LogP contribution in [0.25, 0.3) is 6.08 Å². The van der Waals surface area contributed by atoms with Gasteiger partial charge in [0, 0.05) is 17.5 Å². The van der Waals surface area contributed by atoms with Crippen LogP contribution in [0.2, 0.25) is 5.02 Å². The predicted molar refractivity (Wildman–Crippen MR) is 106 cm³/mol. The molecule has 2 aromatic carbocycles. The molecule has 26 heavy (non-hydrogen) atoms. The number of nitrogens with zero attached hydrogens (tertiary/aromatic N) is 1. The van der Waals surface area contributed by atoms with Crippen LogP contribution in [0.4, 0.5) is 4.39 Å². The van der Waals surface area contributed by atoms with Crippen molar-refractivity contribution >= 4 is 17.7 Å². The highest BCUT2D eigenvalue weighted by molar-refractivity contribution is 6.30. The summed E-state index contributed by atoms with van der Waals surface area (Å²) >= 11 is 5.99. The molecule has 0 saturated heterocycles. The van der Waals surface area contributed by atoms with Crippen molar-refractivity contribution in [2.24, 2.45) is 5.92 Å². The van der Waals surface area contributed by atoms with Crippen molar-refractivity contribution < 1.29 is 9.50 Å². The predicted octanol–water partition coefficient (Wildman–Crippen LogP) is 5.11. The van der Waals surface area contributed by atoms with E-state index in [1.54, 1.807) is 6.07 Å². The van der Waals surface area contributed by atoms with Crippen LogP contribution in [-0.4, -0.2) is 30.6 Å². The molecule has 0 amide bonds. The lowest BCUT2D eigenvalue weighted by Gasteiger charge is -2.44. The van der Waals surface area contributed by atoms with Crippen LogP contribution in [0.5, 0.6) is 0 Å². The second-order valence-electron chi connectivity index (χ2n) is 7.35. The van der Waals surface area contributed by atoms with Gasteiger partial charge in [0.15, 0.2) is 0 Å². The number of aliphatic hydroxyl groups is 1. The molecule has 0 spiro atoms. The molecule has 1 saturated carbocycles. The first-order valence-corrected chi connectivity index (χ1v) is 9.37. The Kier molecular flexibility index (Phi) is 5.81. The molecular formula is C22H25ClFNO. The summed E-state index contributed by atoms with van der Waals surface area (Å²) in [6.07, 6.45) is 4.74. The van der Waals surface area contributed by atoms with Crippen LogP contribution >= 0.6 is 11.6 Å². The molecule has 2 aromatic rings. The Morgan fingerprint density at radius 1 is 1.23 bits per heavy atom. The van der Waals surface area contributed by atoms with Gasteiger partial charge in [0.05, 0.1) is 0 Å². The van der Waals surface area contributed by atoms with Gasteiger partial charge in [-0.25, -0.2) is 4.39 Å². The van der Waals surface area contributed by atoms with Crippen molar-refractivity contribution in [1.82, 2.24) is 4.90 Å². The largest absolute Gasteiger partial charge is 0.380 e. The first-order chi connectivity index (χ1) is 12.4. The zero-order valence-corrected chi connectivity index (χ0v) is 16.0. The molecule has 3 rings (SSSR count). The van der Waals surface area contributed by atoms with Crippen LogP contribution in [-0.2, 0) is 5.60 Å². The van der Waals surface area contributed by atoms with E-state index in [1.807, 2.05) is 50.5 Å². The lowest BCUT2D eigenvalue weighted by molar-refractivity contribution is -0.0176. The molecule has 2 nitrogen and oxygen atoms in total. The second-order valence-corrected chi connectivity index (χ2v) is 7.79. The van der Waals surface area contributed by atoms with E-state index in [9.17, 15) is 9.50 Å². The summed E-state index contributed by atoms with van der Waals surface area (Å²) in [6.45, 7) is 0.741. The van der Waals surface area contributed by atoms with Crippen molar-refractivity contribution in [3.05, 3.63) is 76.1 Å². The van der Waals surface area contributed by atoms with E-state index in [1.165, 1.54) is 12.1 Å². The average molecular weight is 374 g/mol. The normalized spacial score (nSPS) is 25.0. The molecule has 2 atom stereocenters. The molecule has 1 aliphatic carbocycles. The highest BCUT2D eigenvalue weighted by Gasteiger charge is 2.44. The third-order valence-corrected chi connectivity index (χ3v) is 5.39. The number of hydrogen-bond acceptors (Lipinski definition) is 2. The van der Waals surface area contributed by atoms with Crippen molar-refractivity contribution in [3.8, 4) is 0 Å². The van der Waals surface area contributed by atoms with E-state index in [2.05, 4.69) is 4.90 Å². The molecule has 0 aromatic heterocycles. The lowest BCUT2D eigenvalue weighted by Crippen LogP contribution is -2.44. The Morgan fingerprint density at radius 2 is 1.96 bits per heavy atom. The highest BCUT2D eigenvalue weighted by Crippen LogP contribution is 2.46. The summed E-state index contributed by atoms with van der Waals surface area (Å²) in [5.74, 6) is -0.317. The number of hydrogen-bond donors (Lipinski definition) is 1. The number of benzene rings is 2. The third kappa shape index (κ3) is 4.01. The van der Waals surface area contributed by atoms with Crippen LogP contribution in [0.15, 0.2) is 54.1 Å². The Bertz CT molecular complexity index is 787. The first kappa shape index (κ1) is 19.1. The molecule has 2 unspecified atom stereocenters. The second kappa shape index (κ2) is 7.91. The molecule has 0 heterocycles. The monoisotopic (exact) mass is 373 g/mol. The molecule has 4 heteroatoms. The fraction of sp³-hybridized carbons (Fsp3) is 0.364. The lowest BCUT2D eigenvalue weighted by atomic mass is 9.67. The van der Waals surface area contributed by atoms with Gasteiger partial charge in [-0.2, -0.15) is 0 Å². The fourth-order valence-corrected chi connectivity index (χ4v) is 4.08. The van der Waals surface area contributed by atoms with E-state index < -0.39 is 5.60 Å². The topological polar surface area (TPSA) is 23.5 Å². The summed E-state index contributed by atoms with van der Waals surface area (Å²) in [4.78, 5) is 2.08. The Morgan fingerprint density at radius 3 is 2.62 bits per heavy atom. The van der Waals surface area contributed by atoms with Gasteiger partial charge in [0.25, 0.3) is 0 Å². The van der Waals surface area contributed by atoms with Crippen LogP contribution in [0.3, 0.4) is 0 Å². The molecule has 138 valence electrons. The standard InChI is InChI=1S/C22H25ClFNO/c1-25(2)15-19-7-3-5-17(13-16-9-11-20(23)12-10-16)22(19,26)18-6-4-8-21(24)14-18/h4,6,8-14,19,26H,3,5,7,15H2,1-2H3/b17-13+. The minimum atomic E-state index is -1.18. The SMILES string of the molecule is CN(C)CC1CCC/C(=C\c2ccc(Cl)cc2)C1(O)c1cccc(F)c1.